The Kier molecular flexibility index (Phi) is 2.85. The normalized spacial score (nSPS) is 17.8. The van der Waals surface area contributed by atoms with E-state index in [0.717, 1.165) is 18.1 Å². The summed E-state index contributed by atoms with van der Waals surface area (Å²) in [4.78, 5) is 0. The molecule has 1 aliphatic heterocycles. The SMILES string of the molecule is Cn1cc(C2CCNCC2)c2ccc(Cl)cc21. The molecule has 0 unspecified atom stereocenters. The molecule has 0 spiro atoms. The number of aryl methyl sites for hydroxylation is 1. The third-order valence-electron chi connectivity index (χ3n) is 3.76. The van der Waals surface area contributed by atoms with Gasteiger partial charge in [0.25, 0.3) is 0 Å². The molecule has 2 heterocycles. The molecule has 2 aromatic rings. The summed E-state index contributed by atoms with van der Waals surface area (Å²) < 4.78 is 2.19. The molecule has 1 aliphatic rings. The molecule has 0 radical (unpaired) electrons. The summed E-state index contributed by atoms with van der Waals surface area (Å²) in [6.07, 6.45) is 4.75. The number of nitrogens with zero attached hydrogens (tertiary/aromatic N) is 1. The maximum absolute atomic E-state index is 6.06. The van der Waals surface area contributed by atoms with E-state index in [9.17, 15) is 0 Å². The van der Waals surface area contributed by atoms with Crippen LogP contribution in [0, 0.1) is 0 Å². The molecule has 3 heteroatoms. The second-order valence-corrected chi connectivity index (χ2v) is 5.32. The van der Waals surface area contributed by atoms with Gasteiger partial charge in [0.15, 0.2) is 0 Å². The smallest absolute Gasteiger partial charge is 0.0495 e. The Balaban J connectivity index is 2.10. The first-order valence-corrected chi connectivity index (χ1v) is 6.58. The summed E-state index contributed by atoms with van der Waals surface area (Å²) in [5.41, 5.74) is 2.73. The van der Waals surface area contributed by atoms with Crippen LogP contribution >= 0.6 is 11.6 Å². The Hall–Kier alpha value is -0.990. The number of hydrogen-bond donors (Lipinski definition) is 1. The number of nitrogens with one attached hydrogen (secondary N) is 1. The minimum absolute atomic E-state index is 0.695. The second kappa shape index (κ2) is 4.35. The van der Waals surface area contributed by atoms with E-state index in [2.05, 4.69) is 35.3 Å². The van der Waals surface area contributed by atoms with Crippen molar-refractivity contribution in [2.24, 2.45) is 7.05 Å². The van der Waals surface area contributed by atoms with E-state index < -0.39 is 0 Å². The molecule has 1 aromatic heterocycles. The fourth-order valence-corrected chi connectivity index (χ4v) is 3.01. The van der Waals surface area contributed by atoms with Gasteiger partial charge in [0.2, 0.25) is 0 Å². The molecule has 17 heavy (non-hydrogen) atoms. The topological polar surface area (TPSA) is 17.0 Å². The predicted molar refractivity (Wildman–Crippen MR) is 72.8 cm³/mol. The molecule has 1 saturated heterocycles. The zero-order valence-electron chi connectivity index (χ0n) is 10.0. The van der Waals surface area contributed by atoms with Gasteiger partial charge in [-0.25, -0.2) is 0 Å². The number of aromatic nitrogens is 1. The van der Waals surface area contributed by atoms with Crippen LogP contribution in [0.3, 0.4) is 0 Å². The summed E-state index contributed by atoms with van der Waals surface area (Å²) >= 11 is 6.06. The predicted octanol–water partition coefficient (Wildman–Crippen LogP) is 3.30. The number of piperidine rings is 1. The first kappa shape index (κ1) is 11.1. The molecule has 90 valence electrons. The Bertz CT molecular complexity index is 538. The Morgan fingerprint density at radius 1 is 1.29 bits per heavy atom. The van der Waals surface area contributed by atoms with Gasteiger partial charge in [-0.15, -0.1) is 0 Å². The molecule has 1 fully saturated rings. The average molecular weight is 249 g/mol. The summed E-state index contributed by atoms with van der Waals surface area (Å²) in [5.74, 6) is 0.695. The zero-order chi connectivity index (χ0) is 11.8. The maximum atomic E-state index is 6.06. The van der Waals surface area contributed by atoms with E-state index in [4.69, 9.17) is 11.6 Å². The van der Waals surface area contributed by atoms with Crippen molar-refractivity contribution in [3.63, 3.8) is 0 Å². The van der Waals surface area contributed by atoms with E-state index in [1.807, 2.05) is 6.07 Å². The molecule has 0 amide bonds. The standard InChI is InChI=1S/C14H17ClN2/c1-17-9-13(10-4-6-16-7-5-10)12-3-2-11(15)8-14(12)17/h2-3,8-10,16H,4-7H2,1H3. The van der Waals surface area contributed by atoms with E-state index in [1.54, 1.807) is 0 Å². The molecule has 1 N–H and O–H groups in total. The molecule has 2 nitrogen and oxygen atoms in total. The van der Waals surface area contributed by atoms with Gasteiger partial charge in [-0.05, 0) is 49.5 Å². The first-order chi connectivity index (χ1) is 8.25. The number of rotatable bonds is 1. The van der Waals surface area contributed by atoms with Crippen LogP contribution in [0.15, 0.2) is 24.4 Å². The third kappa shape index (κ3) is 1.96. The van der Waals surface area contributed by atoms with Gasteiger partial charge >= 0.3 is 0 Å². The quantitative estimate of drug-likeness (QED) is 0.820. The van der Waals surface area contributed by atoms with Crippen LogP contribution < -0.4 is 5.32 Å². The molecule has 1 aromatic carbocycles. The molecular formula is C14H17ClN2. The highest BCUT2D eigenvalue weighted by Gasteiger charge is 2.19. The van der Waals surface area contributed by atoms with Crippen LogP contribution in [-0.4, -0.2) is 17.7 Å². The molecule has 0 atom stereocenters. The minimum atomic E-state index is 0.695. The average Bonchev–Trinajstić information content (AvgIpc) is 2.68. The van der Waals surface area contributed by atoms with Gasteiger partial charge < -0.3 is 9.88 Å². The van der Waals surface area contributed by atoms with Gasteiger partial charge in [-0.1, -0.05) is 17.7 Å². The van der Waals surface area contributed by atoms with E-state index in [0.29, 0.717) is 5.92 Å². The number of fused-ring (bicyclic) bond motifs is 1. The Labute approximate surface area is 107 Å². The molecular weight excluding hydrogens is 232 g/mol. The van der Waals surface area contributed by atoms with Crippen LogP contribution in [0.4, 0.5) is 0 Å². The summed E-state index contributed by atoms with van der Waals surface area (Å²) in [6.45, 7) is 2.27. The number of hydrogen-bond acceptors (Lipinski definition) is 1. The summed E-state index contributed by atoms with van der Waals surface area (Å²) in [7, 11) is 2.10. The van der Waals surface area contributed by atoms with Crippen LogP contribution in [-0.2, 0) is 7.05 Å². The van der Waals surface area contributed by atoms with Crippen LogP contribution in [0.5, 0.6) is 0 Å². The highest BCUT2D eigenvalue weighted by Crippen LogP contribution is 2.33. The van der Waals surface area contributed by atoms with Gasteiger partial charge in [-0.2, -0.15) is 0 Å². The number of benzene rings is 1. The third-order valence-corrected chi connectivity index (χ3v) is 4.00. The van der Waals surface area contributed by atoms with Gasteiger partial charge in [-0.3, -0.25) is 0 Å². The zero-order valence-corrected chi connectivity index (χ0v) is 10.8. The van der Waals surface area contributed by atoms with Gasteiger partial charge in [0, 0.05) is 29.2 Å². The Morgan fingerprint density at radius 3 is 2.82 bits per heavy atom. The van der Waals surface area contributed by atoms with Crippen molar-refractivity contribution in [2.45, 2.75) is 18.8 Å². The molecule has 0 bridgehead atoms. The van der Waals surface area contributed by atoms with E-state index in [-0.39, 0.29) is 0 Å². The second-order valence-electron chi connectivity index (χ2n) is 4.88. The monoisotopic (exact) mass is 248 g/mol. The largest absolute Gasteiger partial charge is 0.350 e. The highest BCUT2D eigenvalue weighted by atomic mass is 35.5. The molecule has 0 aliphatic carbocycles. The van der Waals surface area contributed by atoms with Crippen molar-refractivity contribution in [2.75, 3.05) is 13.1 Å². The first-order valence-electron chi connectivity index (χ1n) is 6.21. The van der Waals surface area contributed by atoms with Crippen molar-refractivity contribution in [1.82, 2.24) is 9.88 Å². The molecule has 3 rings (SSSR count). The fraction of sp³-hybridized carbons (Fsp3) is 0.429. The van der Waals surface area contributed by atoms with E-state index >= 15 is 0 Å². The lowest BCUT2D eigenvalue weighted by Crippen LogP contribution is -2.26. The number of halogens is 1. The summed E-state index contributed by atoms with van der Waals surface area (Å²) in [6, 6.07) is 6.21. The minimum Gasteiger partial charge on any atom is -0.350 e. The highest BCUT2D eigenvalue weighted by molar-refractivity contribution is 6.31. The summed E-state index contributed by atoms with van der Waals surface area (Å²) in [5, 5.41) is 5.60. The van der Waals surface area contributed by atoms with Crippen molar-refractivity contribution in [3.8, 4) is 0 Å². The lowest BCUT2D eigenvalue weighted by Gasteiger charge is -2.22. The van der Waals surface area contributed by atoms with Crippen molar-refractivity contribution in [3.05, 3.63) is 35.0 Å². The van der Waals surface area contributed by atoms with E-state index in [1.165, 1.54) is 29.3 Å². The van der Waals surface area contributed by atoms with Crippen LogP contribution in [0.25, 0.3) is 10.9 Å². The van der Waals surface area contributed by atoms with Crippen molar-refractivity contribution in [1.29, 1.82) is 0 Å². The maximum Gasteiger partial charge on any atom is 0.0495 e. The lowest BCUT2D eigenvalue weighted by atomic mass is 9.90. The van der Waals surface area contributed by atoms with Crippen LogP contribution in [0.1, 0.15) is 24.3 Å². The van der Waals surface area contributed by atoms with Gasteiger partial charge in [0.1, 0.15) is 0 Å². The van der Waals surface area contributed by atoms with Crippen molar-refractivity contribution < 1.29 is 0 Å². The van der Waals surface area contributed by atoms with Crippen LogP contribution in [0.2, 0.25) is 5.02 Å². The molecule has 0 saturated carbocycles. The van der Waals surface area contributed by atoms with Crippen molar-refractivity contribution >= 4 is 22.5 Å². The van der Waals surface area contributed by atoms with Gasteiger partial charge in [0.05, 0.1) is 0 Å². The Morgan fingerprint density at radius 2 is 2.06 bits per heavy atom. The fourth-order valence-electron chi connectivity index (χ4n) is 2.85. The lowest BCUT2D eigenvalue weighted by molar-refractivity contribution is 0.462.